The van der Waals surface area contributed by atoms with Crippen LogP contribution < -0.4 is 0 Å². The zero-order chi connectivity index (χ0) is 7.28. The standard InChI is InChI=1S/2CHCl2.CH2.2Sn/c2*2-1-3;;;/h2*1H;1H2;;. The van der Waals surface area contributed by atoms with Gasteiger partial charge < -0.3 is 0 Å². The van der Waals surface area contributed by atoms with Crippen molar-refractivity contribution in [3.63, 3.8) is 0 Å². The van der Waals surface area contributed by atoms with E-state index in [0.717, 1.165) is 0 Å². The molecular weight excluding hydrogens is 415 g/mol. The van der Waals surface area contributed by atoms with Gasteiger partial charge in [0.25, 0.3) is 0 Å². The Bertz CT molecular complexity index is 58.8. The molecule has 0 aliphatic heterocycles. The van der Waals surface area contributed by atoms with E-state index in [4.69, 9.17) is 46.4 Å². The number of alkyl halides is 4. The summed E-state index contributed by atoms with van der Waals surface area (Å²) in [6.45, 7) is 0. The van der Waals surface area contributed by atoms with Gasteiger partial charge in [-0.25, -0.2) is 0 Å². The molecule has 0 spiro atoms. The molecular formula is C3H4Cl4Sn2. The molecule has 0 aromatic carbocycles. The van der Waals surface area contributed by atoms with Gasteiger partial charge >= 0.3 is 96.8 Å². The molecule has 0 aliphatic rings. The Morgan fingerprint density at radius 1 is 0.889 bits per heavy atom. The Labute approximate surface area is 95.4 Å². The molecule has 0 aromatic rings. The van der Waals surface area contributed by atoms with Crippen LogP contribution >= 0.6 is 46.4 Å². The van der Waals surface area contributed by atoms with Crippen LogP contribution in [-0.4, -0.2) is 48.0 Å². The van der Waals surface area contributed by atoms with Crippen molar-refractivity contribution >= 4 is 88.7 Å². The summed E-state index contributed by atoms with van der Waals surface area (Å²) in [5.41, 5.74) is 0. The zero-order valence-electron chi connectivity index (χ0n) is 4.37. The van der Waals surface area contributed by atoms with Crippen molar-refractivity contribution in [2.24, 2.45) is 0 Å². The van der Waals surface area contributed by atoms with Gasteiger partial charge in [-0.1, -0.05) is 0 Å². The normalized spacial score (nSPS) is 11.3. The van der Waals surface area contributed by atoms with Crippen molar-refractivity contribution in [3.05, 3.63) is 0 Å². The van der Waals surface area contributed by atoms with Gasteiger partial charge in [-0.15, -0.1) is 0 Å². The first-order valence-electron chi connectivity index (χ1n) is 2.16. The fourth-order valence-electron chi connectivity index (χ4n) is 0.213. The summed E-state index contributed by atoms with van der Waals surface area (Å²) in [6, 6.07) is 0. The van der Waals surface area contributed by atoms with E-state index in [1.807, 2.05) is 0 Å². The second-order valence-corrected chi connectivity index (χ2v) is 21.0. The van der Waals surface area contributed by atoms with Gasteiger partial charge in [-0.2, -0.15) is 0 Å². The molecule has 9 heavy (non-hydrogen) atoms. The minimum atomic E-state index is -0.505. The maximum absolute atomic E-state index is 5.54. The molecule has 52 valence electrons. The Balaban J connectivity index is 2.91. The first-order valence-corrected chi connectivity index (χ1v) is 11.2. The molecule has 0 N–H and O–H groups in total. The van der Waals surface area contributed by atoms with Crippen LogP contribution in [0.5, 0.6) is 0 Å². The van der Waals surface area contributed by atoms with Crippen molar-refractivity contribution in [2.75, 3.05) is 0 Å². The molecule has 0 atom stereocenters. The van der Waals surface area contributed by atoms with E-state index in [1.54, 1.807) is 0 Å². The summed E-state index contributed by atoms with van der Waals surface area (Å²) in [7, 11) is 0. The van der Waals surface area contributed by atoms with E-state index in [-0.39, 0.29) is 5.70 Å². The predicted octanol–water partition coefficient (Wildman–Crippen LogP) is 2.29. The fourth-order valence-corrected chi connectivity index (χ4v) is 23.5. The number of halogens is 4. The van der Waals surface area contributed by atoms with E-state index >= 15 is 0 Å². The molecule has 0 unspecified atom stereocenters. The van der Waals surface area contributed by atoms with Crippen LogP contribution in [0.2, 0.25) is 2.45 Å². The molecule has 0 saturated heterocycles. The van der Waals surface area contributed by atoms with E-state index in [2.05, 4.69) is 0 Å². The zero-order valence-corrected chi connectivity index (χ0v) is 13.1. The van der Waals surface area contributed by atoms with Gasteiger partial charge in [0.1, 0.15) is 0 Å². The van der Waals surface area contributed by atoms with E-state index in [1.165, 1.54) is 2.45 Å². The third kappa shape index (κ3) is 10.8. The van der Waals surface area contributed by atoms with Crippen LogP contribution in [0.1, 0.15) is 0 Å². The Morgan fingerprint density at radius 2 is 1.22 bits per heavy atom. The number of hydrogen-bond donors (Lipinski definition) is 0. The molecule has 0 aromatic heterocycles. The fraction of sp³-hybridized carbons (Fsp3) is 1.00. The summed E-state index contributed by atoms with van der Waals surface area (Å²) < 4.78 is 1.09. The minimum absolute atomic E-state index is 0.0680. The molecule has 0 rings (SSSR count). The average Bonchev–Trinajstić information content (AvgIpc) is 1.63. The maximum atomic E-state index is 5.54. The van der Waals surface area contributed by atoms with Crippen molar-refractivity contribution in [3.8, 4) is 0 Å². The molecule has 0 fully saturated rings. The van der Waals surface area contributed by atoms with E-state index in [9.17, 15) is 0 Å². The number of hydrogen-bond acceptors (Lipinski definition) is 0. The summed E-state index contributed by atoms with van der Waals surface area (Å²) in [6.07, 6.45) is 0. The van der Waals surface area contributed by atoms with Crippen molar-refractivity contribution in [1.82, 2.24) is 0 Å². The first-order chi connectivity index (χ1) is 4.13. The average molecular weight is 419 g/mol. The van der Waals surface area contributed by atoms with Crippen molar-refractivity contribution in [1.29, 1.82) is 0 Å². The Kier molecular flexibility index (Phi) is 9.68. The first kappa shape index (κ1) is 11.8. The van der Waals surface area contributed by atoms with Gasteiger partial charge in [-0.3, -0.25) is 0 Å². The topological polar surface area (TPSA) is 0 Å². The van der Waals surface area contributed by atoms with E-state index < -0.39 is 42.3 Å². The van der Waals surface area contributed by atoms with Gasteiger partial charge in [0.2, 0.25) is 0 Å². The third-order valence-electron chi connectivity index (χ3n) is 0.513. The van der Waals surface area contributed by atoms with Crippen LogP contribution in [0, 0.1) is 0 Å². The second kappa shape index (κ2) is 7.41. The third-order valence-corrected chi connectivity index (χ3v) is 15.4. The predicted molar refractivity (Wildman–Crippen MR) is 47.3 cm³/mol. The summed E-state index contributed by atoms with van der Waals surface area (Å²) in [5, 5.41) is 0. The van der Waals surface area contributed by atoms with Crippen molar-refractivity contribution in [2.45, 2.75) is 8.16 Å². The van der Waals surface area contributed by atoms with Crippen LogP contribution in [0.3, 0.4) is 0 Å². The molecule has 0 amide bonds. The summed E-state index contributed by atoms with van der Waals surface area (Å²) in [4.78, 5) is 0. The van der Waals surface area contributed by atoms with Crippen LogP contribution in [0.15, 0.2) is 0 Å². The molecule has 0 bridgehead atoms. The summed E-state index contributed by atoms with van der Waals surface area (Å²) in [5.74, 6) is 0. The quantitative estimate of drug-likeness (QED) is 0.485. The van der Waals surface area contributed by atoms with Crippen molar-refractivity contribution < 1.29 is 0 Å². The summed E-state index contributed by atoms with van der Waals surface area (Å²) >= 11 is 21.2. The molecule has 0 nitrogen and oxygen atoms in total. The van der Waals surface area contributed by atoms with Crippen LogP contribution in [-0.2, 0) is 0 Å². The monoisotopic (exact) mass is 420 g/mol. The van der Waals surface area contributed by atoms with E-state index in [0.29, 0.717) is 0 Å². The van der Waals surface area contributed by atoms with Gasteiger partial charge in [0.15, 0.2) is 0 Å². The SMILES string of the molecule is Cl[CH](Cl)[Sn][CH2][Sn][CH](Cl)Cl. The molecule has 0 heterocycles. The molecule has 4 radical (unpaired) electrons. The van der Waals surface area contributed by atoms with Crippen LogP contribution in [0.4, 0.5) is 0 Å². The molecule has 0 aliphatic carbocycles. The molecule has 0 saturated carbocycles. The Hall–Kier alpha value is 2.76. The van der Waals surface area contributed by atoms with Gasteiger partial charge in [0, 0.05) is 0 Å². The van der Waals surface area contributed by atoms with Gasteiger partial charge in [0.05, 0.1) is 0 Å². The second-order valence-electron chi connectivity index (χ2n) is 1.19. The van der Waals surface area contributed by atoms with Gasteiger partial charge in [-0.05, 0) is 0 Å². The Morgan fingerprint density at radius 3 is 1.44 bits per heavy atom. The number of rotatable bonds is 4. The molecule has 6 heteroatoms. The van der Waals surface area contributed by atoms with Crippen LogP contribution in [0.25, 0.3) is 0 Å².